The molecule has 3 N–H and O–H groups in total. The molecule has 1 aliphatic rings. The quantitative estimate of drug-likeness (QED) is 0.838. The molecule has 1 aromatic carbocycles. The topological polar surface area (TPSA) is 64.3 Å². The van der Waals surface area contributed by atoms with Gasteiger partial charge in [-0.2, -0.15) is 11.8 Å². The number of rotatable bonds is 4. The highest BCUT2D eigenvalue weighted by molar-refractivity contribution is 7.99. The molecule has 2 atom stereocenters. The minimum absolute atomic E-state index is 0.0862. The maximum atomic E-state index is 12.3. The third kappa shape index (κ3) is 3.60. The van der Waals surface area contributed by atoms with E-state index in [-0.39, 0.29) is 11.9 Å². The van der Waals surface area contributed by atoms with Gasteiger partial charge < -0.3 is 15.8 Å². The molecular weight excluding hydrogens is 272 g/mol. The van der Waals surface area contributed by atoms with Gasteiger partial charge >= 0.3 is 0 Å². The van der Waals surface area contributed by atoms with E-state index in [4.69, 9.17) is 10.5 Å². The predicted molar refractivity (Wildman–Crippen MR) is 84.4 cm³/mol. The van der Waals surface area contributed by atoms with Crippen molar-refractivity contribution < 1.29 is 9.53 Å². The Kier molecular flexibility index (Phi) is 5.17. The Morgan fingerprint density at radius 1 is 1.45 bits per heavy atom. The van der Waals surface area contributed by atoms with Crippen molar-refractivity contribution in [2.24, 2.45) is 0 Å². The first kappa shape index (κ1) is 15.0. The first-order chi connectivity index (χ1) is 9.63. The number of carbonyl (C=O) groups is 1. The molecule has 1 saturated carbocycles. The Morgan fingerprint density at radius 2 is 2.25 bits per heavy atom. The number of hydrogen-bond acceptors (Lipinski definition) is 4. The molecule has 20 heavy (non-hydrogen) atoms. The smallest absolute Gasteiger partial charge is 0.253 e. The number of methoxy groups -OCH3 is 1. The number of nitrogens with two attached hydrogens (primary N) is 1. The van der Waals surface area contributed by atoms with Crippen molar-refractivity contribution in [3.63, 3.8) is 0 Å². The van der Waals surface area contributed by atoms with Gasteiger partial charge in [-0.15, -0.1) is 0 Å². The lowest BCUT2D eigenvalue weighted by Gasteiger charge is -2.28. The summed E-state index contributed by atoms with van der Waals surface area (Å²) in [6.45, 7) is 0. The summed E-state index contributed by atoms with van der Waals surface area (Å²) in [5.41, 5.74) is 6.89. The fourth-order valence-electron chi connectivity index (χ4n) is 2.63. The van der Waals surface area contributed by atoms with E-state index in [1.807, 2.05) is 11.8 Å². The average molecular weight is 294 g/mol. The Morgan fingerprint density at radius 3 is 2.90 bits per heavy atom. The van der Waals surface area contributed by atoms with Crippen LogP contribution in [0.5, 0.6) is 5.75 Å². The van der Waals surface area contributed by atoms with E-state index in [1.165, 1.54) is 12.8 Å². The van der Waals surface area contributed by atoms with Gasteiger partial charge in [0.05, 0.1) is 12.7 Å². The van der Waals surface area contributed by atoms with E-state index in [1.54, 1.807) is 25.3 Å². The molecule has 1 aliphatic carbocycles. The molecule has 1 fully saturated rings. The number of nitrogen functional groups attached to an aromatic ring is 1. The molecule has 0 saturated heterocycles. The summed E-state index contributed by atoms with van der Waals surface area (Å²) in [6, 6.07) is 5.42. The summed E-state index contributed by atoms with van der Waals surface area (Å²) < 4.78 is 5.09. The normalized spacial score (nSPS) is 22.3. The number of amides is 1. The molecule has 1 aromatic rings. The maximum Gasteiger partial charge on any atom is 0.253 e. The number of carbonyl (C=O) groups excluding carboxylic acids is 1. The molecule has 0 aliphatic heterocycles. The summed E-state index contributed by atoms with van der Waals surface area (Å²) in [5.74, 6) is 0.580. The second-order valence-electron chi connectivity index (χ2n) is 5.15. The van der Waals surface area contributed by atoms with E-state index in [9.17, 15) is 4.79 Å². The van der Waals surface area contributed by atoms with Crippen molar-refractivity contribution in [1.29, 1.82) is 0 Å². The summed E-state index contributed by atoms with van der Waals surface area (Å²) in [7, 11) is 1.58. The van der Waals surface area contributed by atoms with Gasteiger partial charge in [0, 0.05) is 23.0 Å². The monoisotopic (exact) mass is 294 g/mol. The van der Waals surface area contributed by atoms with Crippen LogP contribution in [-0.4, -0.2) is 30.6 Å². The molecule has 0 heterocycles. The summed E-state index contributed by atoms with van der Waals surface area (Å²) >= 11 is 1.89. The van der Waals surface area contributed by atoms with Crippen molar-refractivity contribution >= 4 is 23.4 Å². The van der Waals surface area contributed by atoms with Crippen LogP contribution in [0.2, 0.25) is 0 Å². The van der Waals surface area contributed by atoms with E-state index >= 15 is 0 Å². The van der Waals surface area contributed by atoms with E-state index in [2.05, 4.69) is 11.6 Å². The molecule has 2 unspecified atom stereocenters. The molecule has 0 spiro atoms. The zero-order valence-electron chi connectivity index (χ0n) is 12.0. The number of nitrogens with one attached hydrogen (secondary N) is 1. The van der Waals surface area contributed by atoms with Crippen LogP contribution in [0.15, 0.2) is 18.2 Å². The molecule has 1 amide bonds. The highest BCUT2D eigenvalue weighted by Crippen LogP contribution is 2.27. The van der Waals surface area contributed by atoms with Crippen LogP contribution >= 0.6 is 11.8 Å². The maximum absolute atomic E-state index is 12.3. The Balaban J connectivity index is 2.01. The summed E-state index contributed by atoms with van der Waals surface area (Å²) in [5, 5.41) is 3.76. The van der Waals surface area contributed by atoms with Crippen LogP contribution in [0.4, 0.5) is 5.69 Å². The van der Waals surface area contributed by atoms with Gasteiger partial charge in [0.25, 0.3) is 5.91 Å². The first-order valence-corrected chi connectivity index (χ1v) is 8.20. The van der Waals surface area contributed by atoms with Crippen molar-refractivity contribution in [2.45, 2.75) is 37.0 Å². The summed E-state index contributed by atoms with van der Waals surface area (Å²) in [4.78, 5) is 12.3. The zero-order valence-corrected chi connectivity index (χ0v) is 12.8. The molecular formula is C15H22N2O2S. The van der Waals surface area contributed by atoms with Crippen molar-refractivity contribution in [1.82, 2.24) is 5.32 Å². The highest BCUT2D eigenvalue weighted by atomic mass is 32.2. The third-order valence-electron chi connectivity index (χ3n) is 3.80. The second-order valence-corrected chi connectivity index (χ2v) is 6.29. The molecule has 0 radical (unpaired) electrons. The Hall–Kier alpha value is -1.36. The van der Waals surface area contributed by atoms with Crippen LogP contribution < -0.4 is 15.8 Å². The predicted octanol–water partition coefficient (Wildman–Crippen LogP) is 2.68. The summed E-state index contributed by atoms with van der Waals surface area (Å²) in [6.07, 6.45) is 6.66. The fraction of sp³-hybridized carbons (Fsp3) is 0.533. The fourth-order valence-corrected chi connectivity index (χ4v) is 3.45. The standard InChI is InChI=1S/C15H22N2O2S/c1-19-11-6-7-13(14(16)9-11)15(18)17-10-4-3-5-12(8-10)20-2/h6-7,9-10,12H,3-5,8,16H2,1-2H3,(H,17,18). The van der Waals surface area contributed by atoms with Crippen molar-refractivity contribution in [2.75, 3.05) is 19.1 Å². The lowest BCUT2D eigenvalue weighted by Crippen LogP contribution is -2.39. The lowest BCUT2D eigenvalue weighted by molar-refractivity contribution is 0.0929. The molecule has 5 heteroatoms. The number of benzene rings is 1. The Bertz CT molecular complexity index is 479. The molecule has 0 aromatic heterocycles. The van der Waals surface area contributed by atoms with Crippen LogP contribution in [0.3, 0.4) is 0 Å². The Labute approximate surface area is 124 Å². The van der Waals surface area contributed by atoms with Gasteiger partial charge in [0.2, 0.25) is 0 Å². The zero-order chi connectivity index (χ0) is 14.5. The van der Waals surface area contributed by atoms with Crippen LogP contribution in [0.25, 0.3) is 0 Å². The lowest BCUT2D eigenvalue weighted by atomic mass is 9.94. The minimum Gasteiger partial charge on any atom is -0.497 e. The SMILES string of the molecule is COc1ccc(C(=O)NC2CCCC(SC)C2)c(N)c1. The van der Waals surface area contributed by atoms with Crippen LogP contribution in [-0.2, 0) is 0 Å². The van der Waals surface area contributed by atoms with Crippen LogP contribution in [0.1, 0.15) is 36.0 Å². The third-order valence-corrected chi connectivity index (χ3v) is 4.89. The minimum atomic E-state index is -0.0862. The number of thioether (sulfide) groups is 1. The van der Waals surface area contributed by atoms with Crippen molar-refractivity contribution in [3.05, 3.63) is 23.8 Å². The molecule has 4 nitrogen and oxygen atoms in total. The number of ether oxygens (including phenoxy) is 1. The molecule has 110 valence electrons. The molecule has 0 bridgehead atoms. The van der Waals surface area contributed by atoms with E-state index < -0.39 is 0 Å². The van der Waals surface area contributed by atoms with Crippen LogP contribution in [0, 0.1) is 0 Å². The van der Waals surface area contributed by atoms with Gasteiger partial charge in [-0.25, -0.2) is 0 Å². The van der Waals surface area contributed by atoms with Gasteiger partial charge in [-0.05, 0) is 37.7 Å². The number of hydrogen-bond donors (Lipinski definition) is 2. The van der Waals surface area contributed by atoms with Crippen molar-refractivity contribution in [3.8, 4) is 5.75 Å². The van der Waals surface area contributed by atoms with Gasteiger partial charge in [0.15, 0.2) is 0 Å². The number of anilines is 1. The van der Waals surface area contributed by atoms with E-state index in [0.29, 0.717) is 22.3 Å². The first-order valence-electron chi connectivity index (χ1n) is 6.91. The largest absolute Gasteiger partial charge is 0.497 e. The highest BCUT2D eigenvalue weighted by Gasteiger charge is 2.23. The van der Waals surface area contributed by atoms with Gasteiger partial charge in [0.1, 0.15) is 5.75 Å². The van der Waals surface area contributed by atoms with Gasteiger partial charge in [-0.1, -0.05) is 6.42 Å². The van der Waals surface area contributed by atoms with E-state index in [0.717, 1.165) is 12.8 Å². The average Bonchev–Trinajstić information content (AvgIpc) is 2.47. The second kappa shape index (κ2) is 6.88. The molecule has 2 rings (SSSR count). The van der Waals surface area contributed by atoms with Gasteiger partial charge in [-0.3, -0.25) is 4.79 Å².